The highest BCUT2D eigenvalue weighted by atomic mass is 32.1. The van der Waals surface area contributed by atoms with E-state index in [9.17, 15) is 19.5 Å². The van der Waals surface area contributed by atoms with Crippen molar-refractivity contribution in [3.8, 4) is 0 Å². The molecule has 0 aliphatic heterocycles. The Kier molecular flexibility index (Phi) is 5.93. The van der Waals surface area contributed by atoms with Crippen LogP contribution < -0.4 is 10.9 Å². The van der Waals surface area contributed by atoms with Crippen LogP contribution in [0.5, 0.6) is 0 Å². The molecule has 9 heteroatoms. The lowest BCUT2D eigenvalue weighted by molar-refractivity contribution is 0.0938. The molecule has 0 radical (unpaired) electrons. The van der Waals surface area contributed by atoms with Crippen molar-refractivity contribution in [2.75, 3.05) is 0 Å². The maximum Gasteiger partial charge on any atom is 0.408 e. The first-order chi connectivity index (χ1) is 14.1. The highest BCUT2D eigenvalue weighted by Crippen LogP contribution is 2.20. The van der Waals surface area contributed by atoms with E-state index in [0.29, 0.717) is 10.2 Å². The summed E-state index contributed by atoms with van der Waals surface area (Å²) < 4.78 is 0. The molecule has 0 aliphatic carbocycles. The summed E-state index contributed by atoms with van der Waals surface area (Å²) in [5.41, 5.74) is 1.60. The molecular weight excluding hydrogens is 404 g/mol. The molecule has 0 saturated heterocycles. The summed E-state index contributed by atoms with van der Waals surface area (Å²) in [6.45, 7) is 7.80. The van der Waals surface area contributed by atoms with Crippen molar-refractivity contribution in [2.45, 2.75) is 46.3 Å². The van der Waals surface area contributed by atoms with Gasteiger partial charge in [-0.3, -0.25) is 14.5 Å². The molecule has 3 rings (SSSR count). The third-order valence-electron chi connectivity index (χ3n) is 4.67. The van der Waals surface area contributed by atoms with Gasteiger partial charge in [0.25, 0.3) is 11.5 Å². The number of rotatable bonds is 5. The van der Waals surface area contributed by atoms with Crippen molar-refractivity contribution >= 4 is 33.6 Å². The van der Waals surface area contributed by atoms with Gasteiger partial charge in [-0.05, 0) is 49.8 Å². The zero-order chi connectivity index (χ0) is 22.1. The summed E-state index contributed by atoms with van der Waals surface area (Å²) in [5, 5.41) is 14.6. The van der Waals surface area contributed by atoms with Gasteiger partial charge in [-0.25, -0.2) is 9.78 Å². The lowest BCUT2D eigenvalue weighted by Crippen LogP contribution is -2.44. The number of nitrogens with one attached hydrogen (secondary N) is 2. The normalized spacial score (nSPS) is 11.5. The molecular formula is C21H24N4O4S. The molecule has 0 saturated carbocycles. The number of benzene rings is 1. The van der Waals surface area contributed by atoms with Gasteiger partial charge in [0, 0.05) is 18.6 Å². The van der Waals surface area contributed by atoms with E-state index in [0.717, 1.165) is 16.7 Å². The van der Waals surface area contributed by atoms with Gasteiger partial charge >= 0.3 is 6.09 Å². The molecule has 2 amide bonds. The Morgan fingerprint density at radius 3 is 2.63 bits per heavy atom. The first kappa shape index (κ1) is 21.5. The van der Waals surface area contributed by atoms with Crippen LogP contribution >= 0.6 is 11.3 Å². The van der Waals surface area contributed by atoms with Crippen molar-refractivity contribution in [1.29, 1.82) is 0 Å². The fraction of sp³-hybridized carbons (Fsp3) is 0.333. The molecule has 0 spiro atoms. The van der Waals surface area contributed by atoms with Crippen LogP contribution in [0.3, 0.4) is 0 Å². The predicted molar refractivity (Wildman–Crippen MR) is 116 cm³/mol. The Morgan fingerprint density at radius 2 is 1.97 bits per heavy atom. The average Bonchev–Trinajstić information content (AvgIpc) is 3.04. The minimum atomic E-state index is -0.990. The molecule has 2 heterocycles. The largest absolute Gasteiger partial charge is 0.465 e. The number of aryl methyl sites for hydroxylation is 1. The van der Waals surface area contributed by atoms with E-state index in [-0.39, 0.29) is 24.5 Å². The van der Waals surface area contributed by atoms with E-state index in [1.165, 1.54) is 16.2 Å². The topological polar surface area (TPSA) is 115 Å². The maximum absolute atomic E-state index is 12.5. The minimum Gasteiger partial charge on any atom is -0.465 e. The third-order valence-corrected chi connectivity index (χ3v) is 5.66. The summed E-state index contributed by atoms with van der Waals surface area (Å²) in [6, 6.07) is 7.36. The van der Waals surface area contributed by atoms with Crippen LogP contribution in [-0.4, -0.2) is 37.5 Å². The molecule has 3 N–H and O–H groups in total. The lowest BCUT2D eigenvalue weighted by atomic mass is 10.0. The number of aromatic amines is 1. The Bertz CT molecular complexity index is 1160. The molecule has 3 aromatic rings. The number of carboxylic acid groups (broad SMARTS) is 1. The number of carbonyl (C=O) groups excluding carboxylic acids is 1. The number of aromatic nitrogens is 2. The standard InChI is InChI=1S/C21H24N4O4S/c1-12-11-30-19-15(12)17(26)23-16(24-19)18(27)22-9-13-6-5-7-14(8-13)10-25(20(28)29)21(2,3)4/h5-8,11H,9-10H2,1-4H3,(H,22,27)(H,28,29)(H,23,24,26). The van der Waals surface area contributed by atoms with Crippen LogP contribution in [0.25, 0.3) is 10.2 Å². The molecule has 0 bridgehead atoms. The number of H-pyrrole nitrogens is 1. The second kappa shape index (κ2) is 8.27. The van der Waals surface area contributed by atoms with Gasteiger partial charge in [-0.15, -0.1) is 11.3 Å². The first-order valence-corrected chi connectivity index (χ1v) is 10.3. The van der Waals surface area contributed by atoms with Crippen LogP contribution in [0.15, 0.2) is 34.4 Å². The zero-order valence-corrected chi connectivity index (χ0v) is 18.1. The van der Waals surface area contributed by atoms with Gasteiger partial charge < -0.3 is 15.4 Å². The Hall–Kier alpha value is -3.20. The van der Waals surface area contributed by atoms with E-state index in [4.69, 9.17) is 0 Å². The van der Waals surface area contributed by atoms with Crippen LogP contribution in [-0.2, 0) is 13.1 Å². The third kappa shape index (κ3) is 4.68. The van der Waals surface area contributed by atoms with Crippen molar-refractivity contribution in [3.05, 3.63) is 62.5 Å². The molecule has 0 fully saturated rings. The van der Waals surface area contributed by atoms with Crippen molar-refractivity contribution in [3.63, 3.8) is 0 Å². The number of thiophene rings is 1. The molecule has 8 nitrogen and oxygen atoms in total. The Balaban J connectivity index is 1.72. The summed E-state index contributed by atoms with van der Waals surface area (Å²) in [4.78, 5) is 44.9. The zero-order valence-electron chi connectivity index (χ0n) is 17.3. The number of carbonyl (C=O) groups is 2. The van der Waals surface area contributed by atoms with Gasteiger partial charge in [0.2, 0.25) is 5.82 Å². The highest BCUT2D eigenvalue weighted by molar-refractivity contribution is 7.16. The SMILES string of the molecule is Cc1csc2nc(C(=O)NCc3cccc(CN(C(=O)O)C(C)(C)C)c3)[nH]c(=O)c12. The van der Waals surface area contributed by atoms with E-state index < -0.39 is 17.5 Å². The van der Waals surface area contributed by atoms with E-state index in [2.05, 4.69) is 15.3 Å². The second-order valence-electron chi connectivity index (χ2n) is 8.06. The van der Waals surface area contributed by atoms with Gasteiger partial charge in [0.15, 0.2) is 0 Å². The van der Waals surface area contributed by atoms with Crippen LogP contribution in [0.1, 0.15) is 48.1 Å². The summed E-state index contributed by atoms with van der Waals surface area (Å²) >= 11 is 1.32. The number of hydrogen-bond donors (Lipinski definition) is 3. The van der Waals surface area contributed by atoms with E-state index in [1.807, 2.05) is 57.3 Å². The lowest BCUT2D eigenvalue weighted by Gasteiger charge is -2.33. The first-order valence-electron chi connectivity index (χ1n) is 9.41. The van der Waals surface area contributed by atoms with Gasteiger partial charge in [0.1, 0.15) is 4.83 Å². The smallest absolute Gasteiger partial charge is 0.408 e. The fourth-order valence-corrected chi connectivity index (χ4v) is 4.00. The summed E-state index contributed by atoms with van der Waals surface area (Å²) in [6.07, 6.45) is -0.990. The van der Waals surface area contributed by atoms with Gasteiger partial charge in [-0.2, -0.15) is 0 Å². The highest BCUT2D eigenvalue weighted by Gasteiger charge is 2.26. The Labute approximate surface area is 177 Å². The van der Waals surface area contributed by atoms with Gasteiger partial charge in [-0.1, -0.05) is 24.3 Å². The average molecular weight is 429 g/mol. The molecule has 1 aromatic carbocycles. The summed E-state index contributed by atoms with van der Waals surface area (Å²) in [5.74, 6) is -0.511. The van der Waals surface area contributed by atoms with Crippen LogP contribution in [0.4, 0.5) is 4.79 Å². The van der Waals surface area contributed by atoms with Crippen molar-refractivity contribution in [2.24, 2.45) is 0 Å². The number of hydrogen-bond acceptors (Lipinski definition) is 5. The van der Waals surface area contributed by atoms with Crippen LogP contribution in [0.2, 0.25) is 0 Å². The van der Waals surface area contributed by atoms with Crippen LogP contribution in [0, 0.1) is 6.92 Å². The molecule has 0 atom stereocenters. The molecule has 2 aromatic heterocycles. The second-order valence-corrected chi connectivity index (χ2v) is 8.91. The summed E-state index contributed by atoms with van der Waals surface area (Å²) in [7, 11) is 0. The van der Waals surface area contributed by atoms with Gasteiger partial charge in [0.05, 0.1) is 5.39 Å². The maximum atomic E-state index is 12.5. The number of fused-ring (bicyclic) bond motifs is 1. The van der Waals surface area contributed by atoms with Crippen molar-refractivity contribution < 1.29 is 14.7 Å². The monoisotopic (exact) mass is 428 g/mol. The van der Waals surface area contributed by atoms with E-state index >= 15 is 0 Å². The molecule has 0 unspecified atom stereocenters. The van der Waals surface area contributed by atoms with E-state index in [1.54, 1.807) is 0 Å². The minimum absolute atomic E-state index is 0.0321. The number of nitrogens with zero attached hydrogens (tertiary/aromatic N) is 2. The molecule has 158 valence electrons. The molecule has 30 heavy (non-hydrogen) atoms. The Morgan fingerprint density at radius 1 is 1.27 bits per heavy atom. The molecule has 0 aliphatic rings. The fourth-order valence-electron chi connectivity index (χ4n) is 3.07. The quantitative estimate of drug-likeness (QED) is 0.575. The predicted octanol–water partition coefficient (Wildman–Crippen LogP) is 3.50. The number of amides is 2. The van der Waals surface area contributed by atoms with Crippen molar-refractivity contribution in [1.82, 2.24) is 20.2 Å².